The molecule has 4 nitrogen and oxygen atoms in total. The van der Waals surface area contributed by atoms with Crippen molar-refractivity contribution in [1.82, 2.24) is 10.2 Å². The topological polar surface area (TPSA) is 58.1 Å². The average molecular weight is 135 g/mol. The molecule has 2 rings (SSSR count). The fraction of sp³-hybridized carbons (Fsp3) is 0.167. The van der Waals surface area contributed by atoms with Gasteiger partial charge in [-0.25, -0.2) is 4.99 Å². The molecule has 1 N–H and O–H groups in total. The van der Waals surface area contributed by atoms with Gasteiger partial charge in [0.2, 0.25) is 5.91 Å². The third-order valence-electron chi connectivity index (χ3n) is 1.37. The van der Waals surface area contributed by atoms with Crippen molar-refractivity contribution in [3.05, 3.63) is 16.9 Å². The second kappa shape index (κ2) is 1.76. The van der Waals surface area contributed by atoms with Gasteiger partial charge in [-0.15, -0.1) is 0 Å². The SMILES string of the molecule is O=C1CC=c2[nH]ncc2=N1. The van der Waals surface area contributed by atoms with Crippen molar-refractivity contribution in [2.75, 3.05) is 0 Å². The van der Waals surface area contributed by atoms with Crippen LogP contribution < -0.4 is 10.7 Å². The first-order chi connectivity index (χ1) is 4.86. The molecule has 50 valence electrons. The molecule has 0 aliphatic carbocycles. The number of hydrogen-bond donors (Lipinski definition) is 1. The van der Waals surface area contributed by atoms with Crippen LogP contribution in [-0.2, 0) is 4.79 Å². The first-order valence-corrected chi connectivity index (χ1v) is 2.97. The molecule has 1 amide bonds. The summed E-state index contributed by atoms with van der Waals surface area (Å²) in [7, 11) is 0. The quantitative estimate of drug-likeness (QED) is 0.482. The van der Waals surface area contributed by atoms with Gasteiger partial charge in [-0.1, -0.05) is 0 Å². The van der Waals surface area contributed by atoms with Crippen LogP contribution in [0.4, 0.5) is 0 Å². The molecule has 1 aliphatic heterocycles. The molecule has 0 saturated heterocycles. The Morgan fingerprint density at radius 3 is 3.40 bits per heavy atom. The Kier molecular flexibility index (Phi) is 0.943. The fourth-order valence-corrected chi connectivity index (χ4v) is 0.898. The van der Waals surface area contributed by atoms with Crippen LogP contribution in [-0.4, -0.2) is 16.1 Å². The number of H-pyrrole nitrogens is 1. The number of hydrogen-bond acceptors (Lipinski definition) is 2. The maximum Gasteiger partial charge on any atom is 0.250 e. The smallest absolute Gasteiger partial charge is 0.250 e. The Bertz CT molecular complexity index is 376. The summed E-state index contributed by atoms with van der Waals surface area (Å²) < 4.78 is 0. The van der Waals surface area contributed by atoms with E-state index in [0.29, 0.717) is 11.8 Å². The molecule has 0 bridgehead atoms. The Morgan fingerprint density at radius 2 is 2.50 bits per heavy atom. The van der Waals surface area contributed by atoms with Crippen LogP contribution >= 0.6 is 0 Å². The van der Waals surface area contributed by atoms with Gasteiger partial charge >= 0.3 is 0 Å². The number of carbonyl (C=O) groups is 1. The highest BCUT2D eigenvalue weighted by atomic mass is 16.1. The summed E-state index contributed by atoms with van der Waals surface area (Å²) in [4.78, 5) is 14.4. The predicted octanol–water partition coefficient (Wildman–Crippen LogP) is -1.26. The van der Waals surface area contributed by atoms with E-state index in [9.17, 15) is 4.79 Å². The molecule has 10 heavy (non-hydrogen) atoms. The van der Waals surface area contributed by atoms with Crippen molar-refractivity contribution in [2.24, 2.45) is 4.99 Å². The Balaban J connectivity index is 2.85. The van der Waals surface area contributed by atoms with Crippen molar-refractivity contribution in [3.63, 3.8) is 0 Å². The molecule has 0 radical (unpaired) electrons. The van der Waals surface area contributed by atoms with Crippen LogP contribution in [0.3, 0.4) is 0 Å². The first kappa shape index (κ1) is 5.34. The number of fused-ring (bicyclic) bond motifs is 1. The summed E-state index contributed by atoms with van der Waals surface area (Å²) in [6.07, 6.45) is 3.72. The molecule has 2 heterocycles. The lowest BCUT2D eigenvalue weighted by Gasteiger charge is -1.89. The first-order valence-electron chi connectivity index (χ1n) is 2.97. The number of aromatic nitrogens is 2. The molecular weight excluding hydrogens is 130 g/mol. The van der Waals surface area contributed by atoms with Crippen LogP contribution in [0.15, 0.2) is 11.2 Å². The highest BCUT2D eigenvalue weighted by molar-refractivity contribution is 5.82. The van der Waals surface area contributed by atoms with E-state index in [2.05, 4.69) is 15.2 Å². The largest absolute Gasteiger partial charge is 0.276 e. The van der Waals surface area contributed by atoms with E-state index in [4.69, 9.17) is 0 Å². The van der Waals surface area contributed by atoms with Crippen molar-refractivity contribution in [2.45, 2.75) is 6.42 Å². The van der Waals surface area contributed by atoms with E-state index in [-0.39, 0.29) is 5.91 Å². The maximum absolute atomic E-state index is 10.7. The molecule has 0 unspecified atom stereocenters. The molecule has 0 aromatic carbocycles. The van der Waals surface area contributed by atoms with E-state index in [1.54, 1.807) is 12.3 Å². The zero-order valence-corrected chi connectivity index (χ0v) is 5.16. The third kappa shape index (κ3) is 0.655. The van der Waals surface area contributed by atoms with Crippen LogP contribution in [0.5, 0.6) is 0 Å². The molecule has 1 aromatic rings. The molecule has 0 atom stereocenters. The highest BCUT2D eigenvalue weighted by Gasteiger charge is 2.01. The van der Waals surface area contributed by atoms with Gasteiger partial charge in [-0.2, -0.15) is 5.10 Å². The van der Waals surface area contributed by atoms with E-state index >= 15 is 0 Å². The summed E-state index contributed by atoms with van der Waals surface area (Å²) in [5.41, 5.74) is 0. The van der Waals surface area contributed by atoms with E-state index in [0.717, 1.165) is 5.35 Å². The van der Waals surface area contributed by atoms with Gasteiger partial charge in [-0.3, -0.25) is 9.89 Å². The fourth-order valence-electron chi connectivity index (χ4n) is 0.898. The third-order valence-corrected chi connectivity index (χ3v) is 1.37. The van der Waals surface area contributed by atoms with E-state index in [1.165, 1.54) is 0 Å². The lowest BCUT2D eigenvalue weighted by molar-refractivity contribution is -0.117. The van der Waals surface area contributed by atoms with E-state index in [1.807, 2.05) is 0 Å². The lowest BCUT2D eigenvalue weighted by Crippen LogP contribution is -2.27. The average Bonchev–Trinajstić information content (AvgIpc) is 2.33. The van der Waals surface area contributed by atoms with E-state index < -0.39 is 0 Å². The summed E-state index contributed by atoms with van der Waals surface area (Å²) in [6, 6.07) is 0. The van der Waals surface area contributed by atoms with Gasteiger partial charge in [0.25, 0.3) is 0 Å². The second-order valence-electron chi connectivity index (χ2n) is 2.08. The van der Waals surface area contributed by atoms with Gasteiger partial charge in [-0.05, 0) is 6.08 Å². The monoisotopic (exact) mass is 135 g/mol. The molecule has 1 aliphatic rings. The van der Waals surface area contributed by atoms with Crippen LogP contribution in [0.2, 0.25) is 0 Å². The van der Waals surface area contributed by atoms with Crippen molar-refractivity contribution < 1.29 is 4.79 Å². The number of aromatic amines is 1. The standard InChI is InChI=1S/C6H5N3O/c10-6-2-1-4-5(8-6)3-7-9-4/h1,3,9H,2H2. The van der Waals surface area contributed by atoms with Gasteiger partial charge in [0.1, 0.15) is 5.36 Å². The van der Waals surface area contributed by atoms with Gasteiger partial charge in [0, 0.05) is 6.42 Å². The van der Waals surface area contributed by atoms with Crippen LogP contribution in [0, 0.1) is 0 Å². The number of nitrogens with zero attached hydrogens (tertiary/aromatic N) is 2. The number of nitrogens with one attached hydrogen (secondary N) is 1. The van der Waals surface area contributed by atoms with Crippen LogP contribution in [0.1, 0.15) is 6.42 Å². The molecule has 1 aromatic heterocycles. The summed E-state index contributed by atoms with van der Waals surface area (Å²) >= 11 is 0. The van der Waals surface area contributed by atoms with Crippen molar-refractivity contribution in [1.29, 1.82) is 0 Å². The normalized spacial score (nSPS) is 15.4. The Hall–Kier alpha value is -1.45. The Morgan fingerprint density at radius 1 is 1.60 bits per heavy atom. The summed E-state index contributed by atoms with van der Waals surface area (Å²) in [5.74, 6) is -0.103. The van der Waals surface area contributed by atoms with Gasteiger partial charge in [0.05, 0.1) is 11.5 Å². The minimum atomic E-state index is -0.103. The van der Waals surface area contributed by atoms with Gasteiger partial charge in [0.15, 0.2) is 0 Å². The van der Waals surface area contributed by atoms with Crippen molar-refractivity contribution in [3.8, 4) is 0 Å². The minimum Gasteiger partial charge on any atom is -0.276 e. The number of rotatable bonds is 0. The molecule has 0 saturated carbocycles. The number of amides is 1. The predicted molar refractivity (Wildman–Crippen MR) is 33.5 cm³/mol. The molecule has 0 fully saturated rings. The summed E-state index contributed by atoms with van der Waals surface area (Å²) in [6.45, 7) is 0. The van der Waals surface area contributed by atoms with Crippen molar-refractivity contribution >= 4 is 12.0 Å². The zero-order valence-electron chi connectivity index (χ0n) is 5.16. The second-order valence-corrected chi connectivity index (χ2v) is 2.08. The molecular formula is C6H5N3O. The molecule has 4 heteroatoms. The number of carbonyl (C=O) groups excluding carboxylic acids is 1. The Labute approximate surface area is 56.3 Å². The maximum atomic E-state index is 10.7. The highest BCUT2D eigenvalue weighted by Crippen LogP contribution is 1.86. The zero-order chi connectivity index (χ0) is 6.97. The van der Waals surface area contributed by atoms with Gasteiger partial charge < -0.3 is 0 Å². The van der Waals surface area contributed by atoms with Crippen LogP contribution in [0.25, 0.3) is 6.08 Å². The molecule has 0 spiro atoms. The summed E-state index contributed by atoms with van der Waals surface area (Å²) in [5, 5.41) is 7.96. The minimum absolute atomic E-state index is 0.103. The lowest BCUT2D eigenvalue weighted by atomic mass is 10.3.